The van der Waals surface area contributed by atoms with Gasteiger partial charge in [0.15, 0.2) is 0 Å². The molecule has 0 bridgehead atoms. The molecule has 1 N–H and O–H groups in total. The van der Waals surface area contributed by atoms with Gasteiger partial charge in [0.05, 0.1) is 15.7 Å². The molecule has 1 heterocycles. The summed E-state index contributed by atoms with van der Waals surface area (Å²) in [7, 11) is 0. The van der Waals surface area contributed by atoms with Gasteiger partial charge in [0.25, 0.3) is 0 Å². The van der Waals surface area contributed by atoms with Crippen LogP contribution in [-0.4, -0.2) is 24.4 Å². The van der Waals surface area contributed by atoms with Crippen molar-refractivity contribution < 1.29 is 9.59 Å². The highest BCUT2D eigenvalue weighted by Crippen LogP contribution is 2.38. The Morgan fingerprint density at radius 2 is 1.95 bits per heavy atom. The van der Waals surface area contributed by atoms with E-state index in [9.17, 15) is 9.59 Å². The van der Waals surface area contributed by atoms with Gasteiger partial charge in [-0.15, -0.1) is 0 Å². The quantitative estimate of drug-likeness (QED) is 0.780. The first-order valence-corrected chi connectivity index (χ1v) is 8.12. The van der Waals surface area contributed by atoms with E-state index in [1.165, 1.54) is 4.90 Å². The summed E-state index contributed by atoms with van der Waals surface area (Å²) in [4.78, 5) is 26.0. The average molecular weight is 394 g/mol. The highest BCUT2D eigenvalue weighted by atomic mass is 79.9. The van der Waals surface area contributed by atoms with Crippen molar-refractivity contribution in [2.75, 3.05) is 11.4 Å². The molecule has 1 atom stereocenters. The summed E-state index contributed by atoms with van der Waals surface area (Å²) in [6, 6.07) is 2.91. The molecule has 0 saturated carbocycles. The fourth-order valence-electron chi connectivity index (χ4n) is 2.21. The van der Waals surface area contributed by atoms with Crippen LogP contribution in [0.3, 0.4) is 0 Å². The molecule has 0 spiro atoms. The fraction of sp³-hybridized carbons (Fsp3) is 0.429. The third-order valence-electron chi connectivity index (χ3n) is 3.38. The van der Waals surface area contributed by atoms with Crippen LogP contribution >= 0.6 is 39.1 Å². The smallest absolute Gasteiger partial charge is 0.249 e. The summed E-state index contributed by atoms with van der Waals surface area (Å²) in [6.07, 6.45) is 0.235. The molecule has 1 aliphatic heterocycles. The first kappa shape index (κ1) is 16.6. The first-order valence-electron chi connectivity index (χ1n) is 6.57. The second kappa shape index (κ2) is 6.55. The van der Waals surface area contributed by atoms with Crippen LogP contribution in [0.4, 0.5) is 5.69 Å². The molecule has 1 aromatic carbocycles. The molecular weight excluding hydrogens is 379 g/mol. The van der Waals surface area contributed by atoms with Gasteiger partial charge >= 0.3 is 0 Å². The minimum Gasteiger partial charge on any atom is -0.344 e. The van der Waals surface area contributed by atoms with Gasteiger partial charge in [-0.3, -0.25) is 9.59 Å². The number of amides is 2. The van der Waals surface area contributed by atoms with Gasteiger partial charge in [-0.2, -0.15) is 0 Å². The molecule has 7 heteroatoms. The molecular formula is C14H15BrCl2N2O2. The lowest BCUT2D eigenvalue weighted by molar-refractivity contribution is -0.126. The van der Waals surface area contributed by atoms with Crippen LogP contribution in [0.25, 0.3) is 0 Å². The van der Waals surface area contributed by atoms with Crippen molar-refractivity contribution >= 4 is 56.6 Å². The number of carbonyl (C=O) groups excluding carboxylic acids is 2. The van der Waals surface area contributed by atoms with Crippen LogP contribution < -0.4 is 10.2 Å². The van der Waals surface area contributed by atoms with Crippen molar-refractivity contribution in [3.05, 3.63) is 26.7 Å². The summed E-state index contributed by atoms with van der Waals surface area (Å²) in [6.45, 7) is 4.07. The van der Waals surface area contributed by atoms with Crippen LogP contribution in [0.1, 0.15) is 20.3 Å². The van der Waals surface area contributed by atoms with E-state index in [2.05, 4.69) is 21.2 Å². The fourth-order valence-corrected chi connectivity index (χ4v) is 3.09. The largest absolute Gasteiger partial charge is 0.344 e. The SMILES string of the molecule is CC(C)C1NC(=O)CCN(c2ccc(Br)c(Cl)c2Cl)C1=O. The normalized spacial score (nSPS) is 19.7. The Hall–Kier alpha value is -0.780. The van der Waals surface area contributed by atoms with E-state index < -0.39 is 6.04 Å². The van der Waals surface area contributed by atoms with Crippen LogP contribution in [0.2, 0.25) is 10.0 Å². The molecule has 1 aliphatic rings. The molecule has 1 saturated heterocycles. The number of hydrogen-bond acceptors (Lipinski definition) is 2. The van der Waals surface area contributed by atoms with E-state index in [1.54, 1.807) is 12.1 Å². The van der Waals surface area contributed by atoms with Crippen molar-refractivity contribution in [2.24, 2.45) is 5.92 Å². The average Bonchev–Trinajstić information content (AvgIpc) is 2.57. The number of anilines is 1. The maximum atomic E-state index is 12.7. The minimum atomic E-state index is -0.557. The van der Waals surface area contributed by atoms with E-state index in [0.29, 0.717) is 20.2 Å². The summed E-state index contributed by atoms with van der Waals surface area (Å²) >= 11 is 15.7. The lowest BCUT2D eigenvalue weighted by atomic mass is 10.0. The highest BCUT2D eigenvalue weighted by Gasteiger charge is 2.33. The predicted molar refractivity (Wildman–Crippen MR) is 87.9 cm³/mol. The summed E-state index contributed by atoms with van der Waals surface area (Å²) in [5, 5.41) is 3.41. The molecule has 1 unspecified atom stereocenters. The van der Waals surface area contributed by atoms with Gasteiger partial charge in [0.2, 0.25) is 11.8 Å². The van der Waals surface area contributed by atoms with Crippen LogP contribution in [-0.2, 0) is 9.59 Å². The topological polar surface area (TPSA) is 49.4 Å². The number of nitrogens with zero attached hydrogens (tertiary/aromatic N) is 1. The maximum absolute atomic E-state index is 12.7. The van der Waals surface area contributed by atoms with Crippen molar-refractivity contribution in [2.45, 2.75) is 26.3 Å². The molecule has 1 fully saturated rings. The molecule has 114 valence electrons. The highest BCUT2D eigenvalue weighted by molar-refractivity contribution is 9.10. The van der Waals surface area contributed by atoms with Gasteiger partial charge in [0, 0.05) is 17.4 Å². The summed E-state index contributed by atoms with van der Waals surface area (Å²) in [5.74, 6) is -0.313. The second-order valence-electron chi connectivity index (χ2n) is 5.22. The lowest BCUT2D eigenvalue weighted by Crippen LogP contribution is -2.48. The van der Waals surface area contributed by atoms with E-state index in [-0.39, 0.29) is 30.7 Å². The molecule has 1 aromatic rings. The molecule has 2 rings (SSSR count). The van der Waals surface area contributed by atoms with Gasteiger partial charge in [-0.1, -0.05) is 37.0 Å². The molecule has 0 aromatic heterocycles. The molecule has 0 aliphatic carbocycles. The monoisotopic (exact) mass is 392 g/mol. The van der Waals surface area contributed by atoms with Crippen LogP contribution in [0.15, 0.2) is 16.6 Å². The van der Waals surface area contributed by atoms with E-state index in [1.807, 2.05) is 13.8 Å². The number of nitrogens with one attached hydrogen (secondary N) is 1. The van der Waals surface area contributed by atoms with Crippen LogP contribution in [0.5, 0.6) is 0 Å². The minimum absolute atomic E-state index is 0.00764. The Morgan fingerprint density at radius 3 is 2.57 bits per heavy atom. The first-order chi connectivity index (χ1) is 9.82. The zero-order chi connectivity index (χ0) is 15.7. The Kier molecular flexibility index (Phi) is 5.17. The predicted octanol–water partition coefficient (Wildman–Crippen LogP) is 3.63. The van der Waals surface area contributed by atoms with Crippen molar-refractivity contribution in [1.82, 2.24) is 5.32 Å². The van der Waals surface area contributed by atoms with Crippen molar-refractivity contribution in [1.29, 1.82) is 0 Å². The van der Waals surface area contributed by atoms with Crippen molar-refractivity contribution in [3.63, 3.8) is 0 Å². The van der Waals surface area contributed by atoms with Gasteiger partial charge in [0.1, 0.15) is 6.04 Å². The van der Waals surface area contributed by atoms with E-state index >= 15 is 0 Å². The number of hydrogen-bond donors (Lipinski definition) is 1. The van der Waals surface area contributed by atoms with Gasteiger partial charge in [-0.05, 0) is 34.0 Å². The second-order valence-corrected chi connectivity index (χ2v) is 6.83. The Labute approximate surface area is 141 Å². The van der Waals surface area contributed by atoms with Crippen molar-refractivity contribution in [3.8, 4) is 0 Å². The number of benzene rings is 1. The Bertz CT molecular complexity index is 593. The maximum Gasteiger partial charge on any atom is 0.249 e. The molecule has 2 amide bonds. The third kappa shape index (κ3) is 3.35. The summed E-state index contributed by atoms with van der Waals surface area (Å²) in [5.41, 5.74) is 0.525. The van der Waals surface area contributed by atoms with Gasteiger partial charge in [-0.25, -0.2) is 0 Å². The third-order valence-corrected chi connectivity index (χ3v) is 5.14. The standard InChI is InChI=1S/C14H15BrCl2N2O2/c1-7(2)13-14(21)19(6-5-10(20)18-13)9-4-3-8(15)11(16)12(9)17/h3-4,7,13H,5-6H2,1-2H3,(H,18,20). The lowest BCUT2D eigenvalue weighted by Gasteiger charge is -2.27. The van der Waals surface area contributed by atoms with Gasteiger partial charge < -0.3 is 10.2 Å². The zero-order valence-electron chi connectivity index (χ0n) is 11.6. The Balaban J connectivity index is 2.44. The molecule has 0 radical (unpaired) electrons. The number of carbonyl (C=O) groups is 2. The zero-order valence-corrected chi connectivity index (χ0v) is 14.7. The van der Waals surface area contributed by atoms with Crippen LogP contribution in [0, 0.1) is 5.92 Å². The Morgan fingerprint density at radius 1 is 1.29 bits per heavy atom. The molecule has 21 heavy (non-hydrogen) atoms. The summed E-state index contributed by atoms with van der Waals surface area (Å²) < 4.78 is 0.662. The van der Waals surface area contributed by atoms with E-state index in [4.69, 9.17) is 23.2 Å². The number of rotatable bonds is 2. The number of halogens is 3. The van der Waals surface area contributed by atoms with E-state index in [0.717, 1.165) is 0 Å². The molecule has 4 nitrogen and oxygen atoms in total.